The molecule has 0 spiro atoms. The van der Waals surface area contributed by atoms with E-state index >= 15 is 0 Å². The summed E-state index contributed by atoms with van der Waals surface area (Å²) in [5.74, 6) is 1.58. The molecule has 1 heterocycles. The van der Waals surface area contributed by atoms with E-state index in [-0.39, 0.29) is 0 Å². The number of hydrogen-bond acceptors (Lipinski definition) is 4. The molecule has 6 nitrogen and oxygen atoms in total. The minimum Gasteiger partial charge on any atom is -0.379 e. The zero-order valence-corrected chi connectivity index (χ0v) is 15.3. The van der Waals surface area contributed by atoms with E-state index in [1.54, 1.807) is 0 Å². The number of guanidine groups is 1. The van der Waals surface area contributed by atoms with Crippen LogP contribution in [0.25, 0.3) is 0 Å². The summed E-state index contributed by atoms with van der Waals surface area (Å²) in [5, 5.41) is 6.61. The summed E-state index contributed by atoms with van der Waals surface area (Å²) in [4.78, 5) is 7.06. The van der Waals surface area contributed by atoms with Crippen molar-refractivity contribution in [2.24, 2.45) is 10.9 Å². The van der Waals surface area contributed by atoms with Crippen LogP contribution < -0.4 is 10.6 Å². The average molecular weight is 329 g/mol. The van der Waals surface area contributed by atoms with E-state index in [9.17, 15) is 0 Å². The summed E-state index contributed by atoms with van der Waals surface area (Å²) in [7, 11) is 2.18. The van der Waals surface area contributed by atoms with Gasteiger partial charge in [0.25, 0.3) is 0 Å². The molecule has 1 aliphatic rings. The SMILES string of the molecule is CCCCOCCOCCNC(=NCC1CCN(C)C1)NCC. The summed E-state index contributed by atoms with van der Waals surface area (Å²) in [6.07, 6.45) is 3.55. The highest BCUT2D eigenvalue weighted by molar-refractivity contribution is 5.79. The first-order valence-corrected chi connectivity index (χ1v) is 9.12. The van der Waals surface area contributed by atoms with Gasteiger partial charge in [-0.05, 0) is 39.3 Å². The highest BCUT2D eigenvalue weighted by Crippen LogP contribution is 2.13. The Morgan fingerprint density at radius 3 is 2.57 bits per heavy atom. The zero-order valence-electron chi connectivity index (χ0n) is 15.3. The maximum atomic E-state index is 5.56. The van der Waals surface area contributed by atoms with Gasteiger partial charge in [-0.2, -0.15) is 0 Å². The van der Waals surface area contributed by atoms with Crippen LogP contribution in [0, 0.1) is 5.92 Å². The zero-order chi connectivity index (χ0) is 16.8. The van der Waals surface area contributed by atoms with Crippen LogP contribution in [0.3, 0.4) is 0 Å². The Morgan fingerprint density at radius 1 is 1.13 bits per heavy atom. The second-order valence-electron chi connectivity index (χ2n) is 6.14. The fourth-order valence-corrected chi connectivity index (χ4v) is 2.55. The lowest BCUT2D eigenvalue weighted by molar-refractivity contribution is 0.0487. The van der Waals surface area contributed by atoms with Crippen molar-refractivity contribution in [1.29, 1.82) is 0 Å². The molecule has 0 aromatic rings. The number of unbranched alkanes of at least 4 members (excludes halogenated alkanes) is 1. The van der Waals surface area contributed by atoms with Gasteiger partial charge in [0.15, 0.2) is 5.96 Å². The van der Waals surface area contributed by atoms with Gasteiger partial charge in [-0.25, -0.2) is 0 Å². The van der Waals surface area contributed by atoms with Gasteiger partial charge in [-0.3, -0.25) is 4.99 Å². The number of likely N-dealkylation sites (tertiary alicyclic amines) is 1. The lowest BCUT2D eigenvalue weighted by Crippen LogP contribution is -2.39. The van der Waals surface area contributed by atoms with Gasteiger partial charge in [0, 0.05) is 32.8 Å². The molecule has 1 unspecified atom stereocenters. The van der Waals surface area contributed by atoms with Crippen molar-refractivity contribution < 1.29 is 9.47 Å². The third-order valence-corrected chi connectivity index (χ3v) is 3.89. The van der Waals surface area contributed by atoms with Crippen molar-refractivity contribution in [2.75, 3.05) is 66.2 Å². The van der Waals surface area contributed by atoms with Gasteiger partial charge in [-0.15, -0.1) is 0 Å². The minimum absolute atomic E-state index is 0.660. The van der Waals surface area contributed by atoms with Crippen LogP contribution in [-0.2, 0) is 9.47 Å². The van der Waals surface area contributed by atoms with Crippen molar-refractivity contribution in [1.82, 2.24) is 15.5 Å². The lowest BCUT2D eigenvalue weighted by Gasteiger charge is -2.13. The topological polar surface area (TPSA) is 58.1 Å². The summed E-state index contributed by atoms with van der Waals surface area (Å²) < 4.78 is 11.0. The molecule has 0 bridgehead atoms. The standard InChI is InChI=1S/C17H36N4O2/c1-4-6-10-22-12-13-23-11-8-19-17(18-5-2)20-14-16-7-9-21(3)15-16/h16H,4-15H2,1-3H3,(H2,18,19,20). The van der Waals surface area contributed by atoms with Crippen molar-refractivity contribution in [2.45, 2.75) is 33.1 Å². The summed E-state index contributed by atoms with van der Waals surface area (Å²) in [6, 6.07) is 0. The van der Waals surface area contributed by atoms with E-state index in [1.807, 2.05) is 0 Å². The molecule has 0 amide bonds. The Bertz CT molecular complexity index is 313. The molecule has 0 aromatic heterocycles. The van der Waals surface area contributed by atoms with E-state index in [2.05, 4.69) is 41.4 Å². The van der Waals surface area contributed by atoms with Crippen LogP contribution in [0.15, 0.2) is 4.99 Å². The third kappa shape index (κ3) is 10.5. The van der Waals surface area contributed by atoms with E-state index in [4.69, 9.17) is 9.47 Å². The Balaban J connectivity index is 2.06. The monoisotopic (exact) mass is 328 g/mol. The van der Waals surface area contributed by atoms with Crippen molar-refractivity contribution in [3.63, 3.8) is 0 Å². The van der Waals surface area contributed by atoms with Crippen LogP contribution in [0.5, 0.6) is 0 Å². The molecule has 23 heavy (non-hydrogen) atoms. The molecule has 1 saturated heterocycles. The normalized spacial score (nSPS) is 19.3. The number of rotatable bonds is 12. The highest BCUT2D eigenvalue weighted by Gasteiger charge is 2.18. The van der Waals surface area contributed by atoms with Gasteiger partial charge in [0.2, 0.25) is 0 Å². The molecule has 0 radical (unpaired) electrons. The quantitative estimate of drug-likeness (QED) is 0.321. The van der Waals surface area contributed by atoms with E-state index in [0.717, 1.165) is 45.2 Å². The van der Waals surface area contributed by atoms with Crippen molar-refractivity contribution in [3.8, 4) is 0 Å². The molecule has 136 valence electrons. The average Bonchev–Trinajstić information content (AvgIpc) is 2.96. The smallest absolute Gasteiger partial charge is 0.191 e. The van der Waals surface area contributed by atoms with Crippen LogP contribution >= 0.6 is 0 Å². The largest absolute Gasteiger partial charge is 0.379 e. The number of ether oxygens (including phenoxy) is 2. The van der Waals surface area contributed by atoms with Crippen molar-refractivity contribution >= 4 is 5.96 Å². The first-order valence-electron chi connectivity index (χ1n) is 9.12. The lowest BCUT2D eigenvalue weighted by atomic mass is 10.1. The molecule has 1 rings (SSSR count). The Labute approximate surface area is 142 Å². The summed E-state index contributed by atoms with van der Waals surface area (Å²) in [6.45, 7) is 12.0. The van der Waals surface area contributed by atoms with Gasteiger partial charge in [0.1, 0.15) is 0 Å². The van der Waals surface area contributed by atoms with Crippen LogP contribution in [0.4, 0.5) is 0 Å². The molecule has 0 aromatic carbocycles. The first kappa shape index (κ1) is 20.2. The second-order valence-corrected chi connectivity index (χ2v) is 6.14. The summed E-state index contributed by atoms with van der Waals surface area (Å²) in [5.41, 5.74) is 0. The molecule has 1 atom stereocenters. The maximum Gasteiger partial charge on any atom is 0.191 e. The molecule has 1 fully saturated rings. The van der Waals surface area contributed by atoms with Crippen LogP contribution in [0.1, 0.15) is 33.1 Å². The predicted octanol–water partition coefficient (Wildman–Crippen LogP) is 1.33. The molecule has 2 N–H and O–H groups in total. The molecule has 0 saturated carbocycles. The van der Waals surface area contributed by atoms with Gasteiger partial charge < -0.3 is 25.0 Å². The molecule has 0 aliphatic carbocycles. The van der Waals surface area contributed by atoms with Gasteiger partial charge >= 0.3 is 0 Å². The fourth-order valence-electron chi connectivity index (χ4n) is 2.55. The van der Waals surface area contributed by atoms with Gasteiger partial charge in [0.05, 0.1) is 19.8 Å². The number of nitrogens with zero attached hydrogens (tertiary/aromatic N) is 2. The van der Waals surface area contributed by atoms with E-state index < -0.39 is 0 Å². The molecule has 6 heteroatoms. The Morgan fingerprint density at radius 2 is 1.91 bits per heavy atom. The first-order chi connectivity index (χ1) is 11.3. The van der Waals surface area contributed by atoms with Crippen LogP contribution in [-0.4, -0.2) is 77.1 Å². The fraction of sp³-hybridized carbons (Fsp3) is 0.941. The minimum atomic E-state index is 0.660. The Kier molecular flexibility index (Phi) is 11.9. The molecular formula is C17H36N4O2. The molecular weight excluding hydrogens is 292 g/mol. The Hall–Kier alpha value is -0.850. The maximum absolute atomic E-state index is 5.56. The third-order valence-electron chi connectivity index (χ3n) is 3.89. The van der Waals surface area contributed by atoms with E-state index in [1.165, 1.54) is 19.4 Å². The predicted molar refractivity (Wildman–Crippen MR) is 96.1 cm³/mol. The number of aliphatic imine (C=N–C) groups is 1. The number of hydrogen-bond donors (Lipinski definition) is 2. The summed E-state index contributed by atoms with van der Waals surface area (Å²) >= 11 is 0. The molecule has 1 aliphatic heterocycles. The highest BCUT2D eigenvalue weighted by atomic mass is 16.5. The number of nitrogens with one attached hydrogen (secondary N) is 2. The van der Waals surface area contributed by atoms with E-state index in [0.29, 0.717) is 25.7 Å². The van der Waals surface area contributed by atoms with Gasteiger partial charge in [-0.1, -0.05) is 13.3 Å². The second kappa shape index (κ2) is 13.6. The van der Waals surface area contributed by atoms with Crippen molar-refractivity contribution in [3.05, 3.63) is 0 Å². The van der Waals surface area contributed by atoms with Crippen LogP contribution in [0.2, 0.25) is 0 Å².